The van der Waals surface area contributed by atoms with Crippen molar-refractivity contribution in [1.29, 1.82) is 0 Å². The van der Waals surface area contributed by atoms with Gasteiger partial charge in [0.15, 0.2) is 4.96 Å². The van der Waals surface area contributed by atoms with Crippen molar-refractivity contribution in [2.75, 3.05) is 7.05 Å². The molecule has 1 aromatic carbocycles. The predicted molar refractivity (Wildman–Crippen MR) is 119 cm³/mol. The Hall–Kier alpha value is -3.13. The van der Waals surface area contributed by atoms with E-state index in [1.54, 1.807) is 16.2 Å². The molecular weight excluding hydrogens is 412 g/mol. The van der Waals surface area contributed by atoms with Crippen LogP contribution in [0.2, 0.25) is 0 Å². The van der Waals surface area contributed by atoms with Crippen LogP contribution in [0.5, 0.6) is 5.75 Å². The minimum Gasteiger partial charge on any atom is -0.489 e. The number of amides is 1. The second-order valence-electron chi connectivity index (χ2n) is 7.80. The molecule has 0 unspecified atom stereocenters. The fraction of sp³-hybridized carbons (Fsp3) is 0.348. The van der Waals surface area contributed by atoms with E-state index >= 15 is 0 Å². The highest BCUT2D eigenvalue weighted by Crippen LogP contribution is 2.22. The van der Waals surface area contributed by atoms with E-state index in [4.69, 9.17) is 9.26 Å². The van der Waals surface area contributed by atoms with Gasteiger partial charge in [-0.15, -0.1) is 11.3 Å². The van der Waals surface area contributed by atoms with E-state index in [1.807, 2.05) is 52.1 Å². The van der Waals surface area contributed by atoms with Crippen LogP contribution in [-0.4, -0.2) is 32.4 Å². The summed E-state index contributed by atoms with van der Waals surface area (Å²) in [5.41, 5.74) is 4.77. The number of hydrogen-bond acceptors (Lipinski definition) is 6. The van der Waals surface area contributed by atoms with Gasteiger partial charge in [-0.2, -0.15) is 0 Å². The van der Waals surface area contributed by atoms with Crippen LogP contribution >= 0.6 is 11.3 Å². The lowest BCUT2D eigenvalue weighted by atomic mass is 10.1. The molecule has 0 N–H and O–H groups in total. The number of ether oxygens (including phenoxy) is 1. The van der Waals surface area contributed by atoms with Crippen LogP contribution in [-0.2, 0) is 24.4 Å². The van der Waals surface area contributed by atoms with Gasteiger partial charge in [0, 0.05) is 18.1 Å². The lowest BCUT2D eigenvalue weighted by Gasteiger charge is -2.17. The summed E-state index contributed by atoms with van der Waals surface area (Å²) in [5.74, 6) is 1.58. The molecule has 0 saturated carbocycles. The SMILES string of the molecule is Cc1cn2c(CN(C)C(=O)Cc3ccc(OCc4c(C)noc4C)cc3)c(C)nc2s1. The first-order valence-electron chi connectivity index (χ1n) is 10.1. The molecule has 0 atom stereocenters. The largest absolute Gasteiger partial charge is 0.489 e. The minimum atomic E-state index is 0.0608. The fourth-order valence-electron chi connectivity index (χ4n) is 3.49. The van der Waals surface area contributed by atoms with Crippen LogP contribution in [0, 0.1) is 27.7 Å². The highest BCUT2D eigenvalue weighted by molar-refractivity contribution is 7.17. The first-order chi connectivity index (χ1) is 14.8. The summed E-state index contributed by atoms with van der Waals surface area (Å²) in [6, 6.07) is 7.64. The standard InChI is InChI=1S/C23H26N4O3S/c1-14-11-27-21(16(3)24-23(27)31-14)12-26(5)22(28)10-18-6-8-19(9-7-18)29-13-20-15(2)25-30-17(20)4/h6-9,11H,10,12-13H2,1-5H3. The van der Waals surface area contributed by atoms with Crippen molar-refractivity contribution in [3.63, 3.8) is 0 Å². The third-order valence-electron chi connectivity index (χ3n) is 5.40. The topological polar surface area (TPSA) is 72.9 Å². The van der Waals surface area contributed by atoms with Crippen molar-refractivity contribution in [2.45, 2.75) is 47.3 Å². The minimum absolute atomic E-state index is 0.0608. The molecule has 8 heteroatoms. The Morgan fingerprint density at radius 3 is 2.58 bits per heavy atom. The Kier molecular flexibility index (Phi) is 5.82. The monoisotopic (exact) mass is 438 g/mol. The number of nitrogens with zero attached hydrogens (tertiary/aromatic N) is 4. The van der Waals surface area contributed by atoms with Gasteiger partial charge in [-0.1, -0.05) is 17.3 Å². The fourth-order valence-corrected chi connectivity index (χ4v) is 4.38. The van der Waals surface area contributed by atoms with Crippen molar-refractivity contribution < 1.29 is 14.1 Å². The van der Waals surface area contributed by atoms with Crippen molar-refractivity contribution in [1.82, 2.24) is 19.4 Å². The van der Waals surface area contributed by atoms with E-state index in [2.05, 4.69) is 27.7 Å². The van der Waals surface area contributed by atoms with E-state index < -0.39 is 0 Å². The summed E-state index contributed by atoms with van der Waals surface area (Å²) in [5, 5.41) is 3.94. The average Bonchev–Trinajstić information content (AvgIpc) is 3.34. The molecule has 0 bridgehead atoms. The molecule has 0 fully saturated rings. The van der Waals surface area contributed by atoms with Crippen molar-refractivity contribution >= 4 is 22.2 Å². The summed E-state index contributed by atoms with van der Waals surface area (Å²) in [7, 11) is 1.83. The Morgan fingerprint density at radius 1 is 1.16 bits per heavy atom. The quantitative estimate of drug-likeness (QED) is 0.428. The zero-order chi connectivity index (χ0) is 22.1. The van der Waals surface area contributed by atoms with Crippen LogP contribution in [0.4, 0.5) is 0 Å². The molecule has 3 aromatic heterocycles. The summed E-state index contributed by atoms with van der Waals surface area (Å²) in [4.78, 5) is 21.3. The van der Waals surface area contributed by atoms with Crippen LogP contribution < -0.4 is 4.74 Å². The summed E-state index contributed by atoms with van der Waals surface area (Å²) in [6.45, 7) is 8.76. The number of carbonyl (C=O) groups is 1. The molecule has 0 aliphatic carbocycles. The number of imidazole rings is 1. The van der Waals surface area contributed by atoms with E-state index in [0.29, 0.717) is 19.6 Å². The number of benzene rings is 1. The van der Waals surface area contributed by atoms with Gasteiger partial charge in [0.05, 0.1) is 35.6 Å². The van der Waals surface area contributed by atoms with Gasteiger partial charge in [0.1, 0.15) is 18.1 Å². The van der Waals surface area contributed by atoms with Gasteiger partial charge in [0.25, 0.3) is 0 Å². The number of carbonyl (C=O) groups excluding carboxylic acids is 1. The van der Waals surface area contributed by atoms with Gasteiger partial charge in [-0.25, -0.2) is 4.98 Å². The van der Waals surface area contributed by atoms with Crippen LogP contribution in [0.25, 0.3) is 4.96 Å². The van der Waals surface area contributed by atoms with Crippen molar-refractivity contribution in [2.24, 2.45) is 0 Å². The van der Waals surface area contributed by atoms with Gasteiger partial charge in [0.2, 0.25) is 5.91 Å². The molecule has 0 aliphatic heterocycles. The van der Waals surface area contributed by atoms with Gasteiger partial charge in [-0.05, 0) is 45.4 Å². The maximum absolute atomic E-state index is 12.8. The smallest absolute Gasteiger partial charge is 0.227 e. The Morgan fingerprint density at radius 2 is 1.90 bits per heavy atom. The zero-order valence-electron chi connectivity index (χ0n) is 18.4. The molecule has 0 saturated heterocycles. The van der Waals surface area contributed by atoms with E-state index in [9.17, 15) is 4.79 Å². The molecule has 0 spiro atoms. The third kappa shape index (κ3) is 4.49. The zero-order valence-corrected chi connectivity index (χ0v) is 19.2. The van der Waals surface area contributed by atoms with Crippen LogP contribution in [0.1, 0.15) is 38.8 Å². The normalized spacial score (nSPS) is 11.3. The second-order valence-corrected chi connectivity index (χ2v) is 9.01. The van der Waals surface area contributed by atoms with E-state index in [0.717, 1.165) is 44.7 Å². The van der Waals surface area contributed by atoms with Crippen molar-refractivity contribution in [3.05, 3.63) is 69.3 Å². The maximum atomic E-state index is 12.8. The maximum Gasteiger partial charge on any atom is 0.227 e. The molecule has 7 nitrogen and oxygen atoms in total. The molecule has 31 heavy (non-hydrogen) atoms. The van der Waals surface area contributed by atoms with Crippen LogP contribution in [0.3, 0.4) is 0 Å². The summed E-state index contributed by atoms with van der Waals surface area (Å²) in [6.07, 6.45) is 2.42. The highest BCUT2D eigenvalue weighted by Gasteiger charge is 2.17. The molecule has 0 radical (unpaired) electrons. The Bertz CT molecular complexity index is 1200. The first kappa shape index (κ1) is 21.1. The van der Waals surface area contributed by atoms with Crippen LogP contribution in [0.15, 0.2) is 35.0 Å². The molecule has 162 valence electrons. The predicted octanol–water partition coefficient (Wildman–Crippen LogP) is 4.40. The number of aromatic nitrogens is 3. The van der Waals surface area contributed by atoms with Gasteiger partial charge < -0.3 is 14.2 Å². The summed E-state index contributed by atoms with van der Waals surface area (Å²) >= 11 is 1.66. The highest BCUT2D eigenvalue weighted by atomic mass is 32.1. The summed E-state index contributed by atoms with van der Waals surface area (Å²) < 4.78 is 13.1. The number of rotatable bonds is 7. The Labute approximate surface area is 185 Å². The van der Waals surface area contributed by atoms with E-state index in [1.165, 1.54) is 4.88 Å². The molecular formula is C23H26N4O3S. The molecule has 4 aromatic rings. The van der Waals surface area contributed by atoms with Gasteiger partial charge >= 0.3 is 0 Å². The van der Waals surface area contributed by atoms with Crippen molar-refractivity contribution in [3.8, 4) is 5.75 Å². The molecule has 4 rings (SSSR count). The number of hydrogen-bond donors (Lipinski definition) is 0. The number of thiazole rings is 1. The molecule has 1 amide bonds. The van der Waals surface area contributed by atoms with E-state index in [-0.39, 0.29) is 5.91 Å². The number of fused-ring (bicyclic) bond motifs is 1. The average molecular weight is 439 g/mol. The lowest BCUT2D eigenvalue weighted by molar-refractivity contribution is -0.129. The number of likely N-dealkylation sites (N-methyl/N-ethyl adjacent to an activating group) is 1. The van der Waals surface area contributed by atoms with Gasteiger partial charge in [-0.3, -0.25) is 9.20 Å². The molecule has 3 heterocycles. The lowest BCUT2D eigenvalue weighted by Crippen LogP contribution is -2.28. The third-order valence-corrected chi connectivity index (χ3v) is 6.29. The second kappa shape index (κ2) is 8.55. The first-order valence-corrected chi connectivity index (χ1v) is 10.9. The molecule has 0 aliphatic rings. The number of aryl methyl sites for hydroxylation is 4. The Balaban J connectivity index is 1.36.